The highest BCUT2D eigenvalue weighted by Crippen LogP contribution is 2.22. The van der Waals surface area contributed by atoms with Gasteiger partial charge in [0.05, 0.1) is 5.02 Å². The molecule has 2 N–H and O–H groups in total. The van der Waals surface area contributed by atoms with Crippen molar-refractivity contribution in [3.63, 3.8) is 0 Å². The maximum atomic E-state index is 5.69. The number of nitrogens with two attached hydrogens (primary N) is 1. The van der Waals surface area contributed by atoms with Gasteiger partial charge in [-0.15, -0.1) is 0 Å². The van der Waals surface area contributed by atoms with Crippen molar-refractivity contribution in [1.29, 1.82) is 0 Å². The highest BCUT2D eigenvalue weighted by molar-refractivity contribution is 6.30. The van der Waals surface area contributed by atoms with E-state index in [4.69, 9.17) is 17.3 Å². The molecule has 0 aliphatic rings. The minimum Gasteiger partial charge on any atom is -0.329 e. The van der Waals surface area contributed by atoms with Crippen LogP contribution in [-0.4, -0.2) is 16.5 Å². The largest absolute Gasteiger partial charge is 0.329 e. The molecule has 0 amide bonds. The summed E-state index contributed by atoms with van der Waals surface area (Å²) >= 11 is 5.69. The zero-order chi connectivity index (χ0) is 9.90. The predicted octanol–water partition coefficient (Wildman–Crippen LogP) is 1.76. The summed E-state index contributed by atoms with van der Waals surface area (Å²) in [7, 11) is 0. The zero-order valence-electron chi connectivity index (χ0n) is 7.92. The fraction of sp³-hybridized carbons (Fsp3) is 0.556. The molecule has 13 heavy (non-hydrogen) atoms. The lowest BCUT2D eigenvalue weighted by atomic mass is 9.87. The Balaban J connectivity index is 2.99. The van der Waals surface area contributed by atoms with Gasteiger partial charge in [-0.3, -0.25) is 0 Å². The molecule has 0 saturated heterocycles. The van der Waals surface area contributed by atoms with Crippen molar-refractivity contribution < 1.29 is 0 Å². The lowest BCUT2D eigenvalue weighted by Gasteiger charge is -2.23. The molecule has 3 nitrogen and oxygen atoms in total. The van der Waals surface area contributed by atoms with Crippen molar-refractivity contribution in [1.82, 2.24) is 9.97 Å². The Bertz CT molecular complexity index is 267. The van der Waals surface area contributed by atoms with E-state index in [0.717, 1.165) is 12.2 Å². The monoisotopic (exact) mass is 199 g/mol. The van der Waals surface area contributed by atoms with Crippen LogP contribution in [0.25, 0.3) is 0 Å². The molecular weight excluding hydrogens is 186 g/mol. The van der Waals surface area contributed by atoms with E-state index in [0.29, 0.717) is 11.6 Å². The molecule has 1 rings (SSSR count). The second-order valence-corrected chi connectivity index (χ2v) is 3.78. The van der Waals surface area contributed by atoms with Gasteiger partial charge in [-0.25, -0.2) is 9.97 Å². The van der Waals surface area contributed by atoms with Gasteiger partial charge in [-0.05, 0) is 6.42 Å². The van der Waals surface area contributed by atoms with Crippen LogP contribution in [0, 0.1) is 0 Å². The molecule has 1 unspecified atom stereocenters. The minimum absolute atomic E-state index is 0.134. The first kappa shape index (κ1) is 10.4. The van der Waals surface area contributed by atoms with Crippen LogP contribution < -0.4 is 5.73 Å². The summed E-state index contributed by atoms with van der Waals surface area (Å²) in [4.78, 5) is 8.34. The van der Waals surface area contributed by atoms with E-state index in [2.05, 4.69) is 23.8 Å². The van der Waals surface area contributed by atoms with Crippen molar-refractivity contribution in [3.8, 4) is 0 Å². The molecular formula is C9H14ClN3. The van der Waals surface area contributed by atoms with Crippen LogP contribution in [0.5, 0.6) is 0 Å². The standard InChI is InChI=1S/C9H14ClN3/c1-3-9(2,6-11)8-12-4-7(10)5-13-8/h4-5H,3,6,11H2,1-2H3. The average molecular weight is 200 g/mol. The molecule has 1 atom stereocenters. The van der Waals surface area contributed by atoms with Gasteiger partial charge in [0.2, 0.25) is 0 Å². The van der Waals surface area contributed by atoms with Crippen LogP contribution in [0.15, 0.2) is 12.4 Å². The van der Waals surface area contributed by atoms with E-state index in [1.54, 1.807) is 12.4 Å². The smallest absolute Gasteiger partial charge is 0.135 e. The van der Waals surface area contributed by atoms with Gasteiger partial charge >= 0.3 is 0 Å². The summed E-state index contributed by atoms with van der Waals surface area (Å²) in [6.45, 7) is 4.67. The van der Waals surface area contributed by atoms with Crippen molar-refractivity contribution in [2.24, 2.45) is 5.73 Å². The molecule has 0 saturated carbocycles. The molecule has 0 bridgehead atoms. The Morgan fingerprint density at radius 2 is 2.00 bits per heavy atom. The first-order valence-corrected chi connectivity index (χ1v) is 4.68. The quantitative estimate of drug-likeness (QED) is 0.807. The Hall–Kier alpha value is -0.670. The average Bonchev–Trinajstić information content (AvgIpc) is 2.18. The lowest BCUT2D eigenvalue weighted by Crippen LogP contribution is -2.33. The van der Waals surface area contributed by atoms with Crippen LogP contribution in [0.3, 0.4) is 0 Å². The number of halogens is 1. The van der Waals surface area contributed by atoms with E-state index in [9.17, 15) is 0 Å². The fourth-order valence-electron chi connectivity index (χ4n) is 1.02. The number of rotatable bonds is 3. The van der Waals surface area contributed by atoms with Crippen molar-refractivity contribution in [2.75, 3.05) is 6.54 Å². The number of aromatic nitrogens is 2. The van der Waals surface area contributed by atoms with Gasteiger partial charge in [0.1, 0.15) is 5.82 Å². The summed E-state index contributed by atoms with van der Waals surface area (Å²) < 4.78 is 0. The third-order valence-electron chi connectivity index (χ3n) is 2.39. The fourth-order valence-corrected chi connectivity index (χ4v) is 1.12. The predicted molar refractivity (Wildman–Crippen MR) is 53.7 cm³/mol. The first-order chi connectivity index (χ1) is 6.12. The number of hydrogen-bond donors (Lipinski definition) is 1. The molecule has 1 aromatic heterocycles. The molecule has 0 aliphatic heterocycles. The molecule has 0 aliphatic carbocycles. The van der Waals surface area contributed by atoms with Gasteiger partial charge in [-0.2, -0.15) is 0 Å². The zero-order valence-corrected chi connectivity index (χ0v) is 8.67. The van der Waals surface area contributed by atoms with E-state index in [-0.39, 0.29) is 5.41 Å². The van der Waals surface area contributed by atoms with Crippen LogP contribution in [0.1, 0.15) is 26.1 Å². The van der Waals surface area contributed by atoms with Crippen LogP contribution in [0.2, 0.25) is 5.02 Å². The van der Waals surface area contributed by atoms with Gasteiger partial charge in [-0.1, -0.05) is 25.4 Å². The van der Waals surface area contributed by atoms with E-state index >= 15 is 0 Å². The molecule has 1 aromatic rings. The van der Waals surface area contributed by atoms with Gasteiger partial charge in [0.15, 0.2) is 0 Å². The topological polar surface area (TPSA) is 51.8 Å². The van der Waals surface area contributed by atoms with E-state index in [1.165, 1.54) is 0 Å². The van der Waals surface area contributed by atoms with Crippen molar-refractivity contribution in [2.45, 2.75) is 25.7 Å². The molecule has 0 fully saturated rings. The Morgan fingerprint density at radius 3 is 2.38 bits per heavy atom. The second-order valence-electron chi connectivity index (χ2n) is 3.34. The highest BCUT2D eigenvalue weighted by atomic mass is 35.5. The minimum atomic E-state index is -0.134. The summed E-state index contributed by atoms with van der Waals surface area (Å²) in [5.41, 5.74) is 5.54. The molecule has 0 radical (unpaired) electrons. The summed E-state index contributed by atoms with van der Waals surface area (Å²) in [5, 5.41) is 0.555. The molecule has 0 spiro atoms. The normalized spacial score (nSPS) is 15.4. The van der Waals surface area contributed by atoms with E-state index in [1.807, 2.05) is 0 Å². The SMILES string of the molecule is CCC(C)(CN)c1ncc(Cl)cn1. The van der Waals surface area contributed by atoms with Crippen LogP contribution in [0.4, 0.5) is 0 Å². The van der Waals surface area contributed by atoms with Gasteiger partial charge < -0.3 is 5.73 Å². The maximum Gasteiger partial charge on any atom is 0.135 e. The maximum absolute atomic E-state index is 5.69. The summed E-state index contributed by atoms with van der Waals surface area (Å²) in [6.07, 6.45) is 4.13. The lowest BCUT2D eigenvalue weighted by molar-refractivity contribution is 0.438. The first-order valence-electron chi connectivity index (χ1n) is 4.30. The van der Waals surface area contributed by atoms with Crippen LogP contribution in [-0.2, 0) is 5.41 Å². The Morgan fingerprint density at radius 1 is 1.46 bits per heavy atom. The molecule has 1 heterocycles. The molecule has 72 valence electrons. The number of hydrogen-bond acceptors (Lipinski definition) is 3. The van der Waals surface area contributed by atoms with E-state index < -0.39 is 0 Å². The third-order valence-corrected chi connectivity index (χ3v) is 2.59. The Labute approximate surface area is 83.3 Å². The third kappa shape index (κ3) is 2.17. The second kappa shape index (κ2) is 4.03. The summed E-state index contributed by atoms with van der Waals surface area (Å²) in [5.74, 6) is 0.766. The summed E-state index contributed by atoms with van der Waals surface area (Å²) in [6, 6.07) is 0. The molecule has 0 aromatic carbocycles. The number of nitrogens with zero attached hydrogens (tertiary/aromatic N) is 2. The van der Waals surface area contributed by atoms with Crippen molar-refractivity contribution >= 4 is 11.6 Å². The highest BCUT2D eigenvalue weighted by Gasteiger charge is 2.25. The Kier molecular flexibility index (Phi) is 3.22. The van der Waals surface area contributed by atoms with Gasteiger partial charge in [0, 0.05) is 24.4 Å². The van der Waals surface area contributed by atoms with Gasteiger partial charge in [0.25, 0.3) is 0 Å². The van der Waals surface area contributed by atoms with Crippen LogP contribution >= 0.6 is 11.6 Å². The van der Waals surface area contributed by atoms with Crippen molar-refractivity contribution in [3.05, 3.63) is 23.2 Å². The molecule has 4 heteroatoms.